The second-order valence-electron chi connectivity index (χ2n) is 7.01. The van der Waals surface area contributed by atoms with Gasteiger partial charge in [-0.25, -0.2) is 0 Å². The van der Waals surface area contributed by atoms with Crippen LogP contribution in [-0.2, 0) is 0 Å². The van der Waals surface area contributed by atoms with Crippen LogP contribution >= 0.6 is 166 Å². The Morgan fingerprint density at radius 3 is 0.447 bits per heavy atom. The van der Waals surface area contributed by atoms with E-state index in [-0.39, 0.29) is 0 Å². The molecule has 0 amide bonds. The van der Waals surface area contributed by atoms with Crippen LogP contribution in [0, 0.1) is 0 Å². The zero-order chi connectivity index (χ0) is 28.8. The molecule has 0 spiro atoms. The van der Waals surface area contributed by atoms with Crippen molar-refractivity contribution < 1.29 is 0 Å². The van der Waals surface area contributed by atoms with Gasteiger partial charge in [0.1, 0.15) is 0 Å². The Balaban J connectivity index is 0. The molecular weight excluding hydrogens is 1040 g/mol. The van der Waals surface area contributed by atoms with Gasteiger partial charge in [0.25, 0.3) is 0 Å². The summed E-state index contributed by atoms with van der Waals surface area (Å²) in [6.07, 6.45) is 5.63. The van der Waals surface area contributed by atoms with Crippen LogP contribution in [-0.4, -0.2) is 119 Å². The van der Waals surface area contributed by atoms with Crippen molar-refractivity contribution in [3.63, 3.8) is 0 Å². The molecular formula is C20H40Cl8S8Te2. The summed E-state index contributed by atoms with van der Waals surface area (Å²) in [6.45, 7) is 0. The van der Waals surface area contributed by atoms with E-state index in [2.05, 4.69) is 94.1 Å². The second-order valence-corrected chi connectivity index (χ2v) is 58.4. The fourth-order valence-electron chi connectivity index (χ4n) is 2.34. The van der Waals surface area contributed by atoms with Crippen LogP contribution < -0.4 is 0 Å². The topological polar surface area (TPSA) is 0 Å². The predicted octanol–water partition coefficient (Wildman–Crippen LogP) is 12.2. The van der Waals surface area contributed by atoms with Crippen LogP contribution in [0.15, 0.2) is 0 Å². The van der Waals surface area contributed by atoms with Crippen LogP contribution in [0.25, 0.3) is 0 Å². The van der Waals surface area contributed by atoms with Crippen molar-refractivity contribution in [3.05, 3.63) is 0 Å². The Hall–Kier alpha value is 6.70. The molecule has 0 aliphatic carbocycles. The van der Waals surface area contributed by atoms with Crippen LogP contribution in [0.2, 0.25) is 0 Å². The third-order valence-electron chi connectivity index (χ3n) is 3.80. The number of hydrogen-bond donors (Lipinski definition) is 0. The minimum absolute atomic E-state index is 1.36. The maximum absolute atomic E-state index is 5.02. The Labute approximate surface area is 305 Å². The van der Waals surface area contributed by atoms with Crippen molar-refractivity contribution in [1.29, 1.82) is 0 Å². The van der Waals surface area contributed by atoms with E-state index in [1.54, 1.807) is 0 Å². The first kappa shape index (κ1) is 46.8. The average molecular weight is 1080 g/mol. The van der Waals surface area contributed by atoms with Crippen LogP contribution in [0.3, 0.4) is 0 Å². The second kappa shape index (κ2) is 36.5. The van der Waals surface area contributed by atoms with Gasteiger partial charge in [0.15, 0.2) is 0 Å². The summed E-state index contributed by atoms with van der Waals surface area (Å²) in [6, 6.07) is 0. The SMILES string of the molecule is C1CSCCSCCCSCCSC1.C1CSCCSCCCSCCSC1.Cl[Te](Cl)(Cl)Cl.Cl[Te](Cl)(Cl)Cl. The van der Waals surface area contributed by atoms with Crippen LogP contribution in [0.4, 0.5) is 0 Å². The van der Waals surface area contributed by atoms with Gasteiger partial charge in [0, 0.05) is 46.0 Å². The van der Waals surface area contributed by atoms with Crippen LogP contribution in [0.5, 0.6) is 0 Å². The van der Waals surface area contributed by atoms with Crippen molar-refractivity contribution in [2.24, 2.45) is 0 Å². The van der Waals surface area contributed by atoms with E-state index in [1.807, 2.05) is 0 Å². The Kier molecular flexibility index (Phi) is 45.0. The van der Waals surface area contributed by atoms with Crippen molar-refractivity contribution in [2.45, 2.75) is 25.7 Å². The first-order chi connectivity index (χ1) is 18.0. The summed E-state index contributed by atoms with van der Waals surface area (Å²) in [5.74, 6) is 21.9. The molecule has 0 bridgehead atoms. The molecule has 2 saturated heterocycles. The molecule has 2 aliphatic rings. The molecule has 38 heavy (non-hydrogen) atoms. The Bertz CT molecular complexity index is 311. The molecule has 0 N–H and O–H groups in total. The van der Waals surface area contributed by atoms with E-state index in [4.69, 9.17) is 71.7 Å². The molecule has 18 heteroatoms. The summed E-state index contributed by atoms with van der Waals surface area (Å²) in [5, 5.41) is 0. The van der Waals surface area contributed by atoms with Gasteiger partial charge in [0.05, 0.1) is 0 Å². The molecule has 2 aliphatic heterocycles. The van der Waals surface area contributed by atoms with Gasteiger partial charge >= 0.3 is 99.1 Å². The quantitative estimate of drug-likeness (QED) is 0.217. The monoisotopic (exact) mass is 1080 g/mol. The third-order valence-corrected chi connectivity index (χ3v) is 13.4. The molecule has 236 valence electrons. The normalized spacial score (nSPS) is 21.7. The molecule has 0 aromatic rings. The van der Waals surface area contributed by atoms with E-state index >= 15 is 0 Å². The standard InChI is InChI=1S/2C10H20S4.2Cl4Te/c2*1-3-11-7-9-13-5-2-6-14-10-8-12-4-1;2*1-5(2,3)4/h2*1-10H2;;. The molecule has 0 nitrogen and oxygen atoms in total. The number of thioether (sulfide) groups is 8. The Morgan fingerprint density at radius 1 is 0.237 bits per heavy atom. The van der Waals surface area contributed by atoms with E-state index in [9.17, 15) is 0 Å². The van der Waals surface area contributed by atoms with E-state index in [0.29, 0.717) is 0 Å². The van der Waals surface area contributed by atoms with Gasteiger partial charge in [0.2, 0.25) is 0 Å². The molecule has 0 radical (unpaired) electrons. The third kappa shape index (κ3) is 61.7. The van der Waals surface area contributed by atoms with Gasteiger partial charge in [-0.15, -0.1) is 0 Å². The molecule has 2 fully saturated rings. The molecule has 0 unspecified atom stereocenters. The van der Waals surface area contributed by atoms with E-state index in [1.165, 1.54) is 118 Å². The zero-order valence-corrected chi connectivity index (χ0v) is 38.5. The number of halogens is 8. The van der Waals surface area contributed by atoms with Gasteiger partial charge < -0.3 is 0 Å². The van der Waals surface area contributed by atoms with Gasteiger partial charge in [-0.1, -0.05) is 0 Å². The molecule has 0 saturated carbocycles. The molecule has 0 aromatic carbocycles. The van der Waals surface area contributed by atoms with Crippen LogP contribution in [0.1, 0.15) is 25.7 Å². The molecule has 2 heterocycles. The van der Waals surface area contributed by atoms with Crippen molar-refractivity contribution in [1.82, 2.24) is 0 Å². The summed E-state index contributed by atoms with van der Waals surface area (Å²) in [4.78, 5) is 0. The van der Waals surface area contributed by atoms with E-state index in [0.717, 1.165) is 0 Å². The van der Waals surface area contributed by atoms with Gasteiger partial charge in [-0.05, 0) is 71.7 Å². The fraction of sp³-hybridized carbons (Fsp3) is 1.00. The summed E-state index contributed by atoms with van der Waals surface area (Å²) >= 11 is 10.9. The summed E-state index contributed by atoms with van der Waals surface area (Å²) < 4.78 is 0. The number of hydrogen-bond acceptors (Lipinski definition) is 8. The fourth-order valence-corrected chi connectivity index (χ4v) is 11.3. The molecule has 2 rings (SSSR count). The molecule has 0 atom stereocenters. The minimum atomic E-state index is -3.13. The first-order valence-electron chi connectivity index (χ1n) is 11.9. The summed E-state index contributed by atoms with van der Waals surface area (Å²) in [7, 11) is 40.1. The first-order valence-corrected chi connectivity index (χ1v) is 44.7. The predicted molar refractivity (Wildman–Crippen MR) is 215 cm³/mol. The van der Waals surface area contributed by atoms with Crippen molar-refractivity contribution in [3.8, 4) is 0 Å². The van der Waals surface area contributed by atoms with Crippen molar-refractivity contribution in [2.75, 3.05) is 92.0 Å². The molecule has 0 aromatic heterocycles. The Morgan fingerprint density at radius 2 is 0.342 bits per heavy atom. The summed E-state index contributed by atoms with van der Waals surface area (Å²) in [5.41, 5.74) is 0. The average Bonchev–Trinajstić information content (AvgIpc) is 2.80. The van der Waals surface area contributed by atoms with Gasteiger partial charge in [-0.2, -0.15) is 94.1 Å². The maximum atomic E-state index is 5.02. The van der Waals surface area contributed by atoms with E-state index < -0.39 is 27.4 Å². The van der Waals surface area contributed by atoms with Gasteiger partial charge in [-0.3, -0.25) is 0 Å². The van der Waals surface area contributed by atoms with Crippen molar-refractivity contribution >= 4 is 193 Å². The zero-order valence-electron chi connectivity index (χ0n) is 21.2. The number of rotatable bonds is 0.